The van der Waals surface area contributed by atoms with Crippen molar-refractivity contribution in [3.05, 3.63) is 125 Å². The van der Waals surface area contributed by atoms with Crippen LogP contribution < -0.4 is 10.7 Å². The molecule has 0 fully saturated rings. The van der Waals surface area contributed by atoms with Crippen molar-refractivity contribution < 1.29 is 4.79 Å². The van der Waals surface area contributed by atoms with Crippen LogP contribution in [0.5, 0.6) is 0 Å². The van der Waals surface area contributed by atoms with Crippen molar-refractivity contribution in [3.63, 3.8) is 0 Å². The van der Waals surface area contributed by atoms with Crippen LogP contribution >= 0.6 is 0 Å². The first kappa shape index (κ1) is 19.7. The second kappa shape index (κ2) is 8.47. The van der Waals surface area contributed by atoms with Crippen molar-refractivity contribution in [1.82, 2.24) is 14.9 Å². The summed E-state index contributed by atoms with van der Waals surface area (Å²) in [6.07, 6.45) is 3.44. The number of aromatic nitrogens is 2. The molecule has 5 heteroatoms. The van der Waals surface area contributed by atoms with Crippen LogP contribution in [-0.4, -0.2) is 15.5 Å². The monoisotopic (exact) mass is 419 g/mol. The van der Waals surface area contributed by atoms with Gasteiger partial charge in [-0.3, -0.25) is 14.6 Å². The molecule has 1 amide bonds. The first-order chi connectivity index (χ1) is 15.7. The molecule has 1 atom stereocenters. The molecule has 0 radical (unpaired) electrons. The topological polar surface area (TPSA) is 64.0 Å². The molecular weight excluding hydrogens is 398 g/mol. The van der Waals surface area contributed by atoms with Crippen LogP contribution in [0.3, 0.4) is 0 Å². The van der Waals surface area contributed by atoms with Gasteiger partial charge in [-0.2, -0.15) is 0 Å². The van der Waals surface area contributed by atoms with Gasteiger partial charge in [0.2, 0.25) is 5.91 Å². The highest BCUT2D eigenvalue weighted by Crippen LogP contribution is 2.23. The minimum absolute atomic E-state index is 0.0215. The number of carbonyl (C=O) groups excluding carboxylic acids is 1. The van der Waals surface area contributed by atoms with Crippen LogP contribution in [0.2, 0.25) is 0 Å². The normalized spacial score (nSPS) is 12.0. The molecule has 1 N–H and O–H groups in total. The molecular formula is C27H21N3O2. The zero-order valence-corrected chi connectivity index (χ0v) is 17.3. The van der Waals surface area contributed by atoms with Gasteiger partial charge < -0.3 is 9.88 Å². The Kier molecular flexibility index (Phi) is 5.22. The summed E-state index contributed by atoms with van der Waals surface area (Å²) in [4.78, 5) is 30.4. The van der Waals surface area contributed by atoms with Crippen molar-refractivity contribution in [2.45, 2.75) is 12.6 Å². The third kappa shape index (κ3) is 3.65. The number of amides is 1. The van der Waals surface area contributed by atoms with Gasteiger partial charge in [0.15, 0.2) is 5.43 Å². The van der Waals surface area contributed by atoms with E-state index < -0.39 is 0 Å². The molecule has 0 aliphatic rings. The molecule has 2 heterocycles. The average Bonchev–Trinajstić information content (AvgIpc) is 2.86. The number of fused-ring (bicyclic) bond motifs is 2. The van der Waals surface area contributed by atoms with Crippen LogP contribution in [0.25, 0.3) is 21.8 Å². The van der Waals surface area contributed by atoms with E-state index in [9.17, 15) is 9.59 Å². The molecule has 0 aliphatic heterocycles. The van der Waals surface area contributed by atoms with E-state index in [2.05, 4.69) is 10.3 Å². The molecule has 0 aliphatic carbocycles. The standard InChI is InChI=1S/C27H21N3O2/c31-25(29-26(19-8-2-1-3-9-19)20-14-16-28-17-15-20)18-30-23-12-6-4-10-21(23)27(32)22-11-5-7-13-24(22)30/h1-17,26H,18H2,(H,29,31). The summed E-state index contributed by atoms with van der Waals surface area (Å²) in [6.45, 7) is 0.0930. The zero-order valence-electron chi connectivity index (χ0n) is 17.3. The van der Waals surface area contributed by atoms with Gasteiger partial charge in [-0.05, 0) is 47.5 Å². The van der Waals surface area contributed by atoms with Gasteiger partial charge in [-0.15, -0.1) is 0 Å². The second-order valence-corrected chi connectivity index (χ2v) is 7.64. The number of hydrogen-bond donors (Lipinski definition) is 1. The number of pyridine rings is 2. The Labute approximate surface area is 185 Å². The van der Waals surface area contributed by atoms with Gasteiger partial charge in [0.25, 0.3) is 0 Å². The van der Waals surface area contributed by atoms with Crippen LogP contribution in [-0.2, 0) is 11.3 Å². The maximum Gasteiger partial charge on any atom is 0.240 e. The van der Waals surface area contributed by atoms with Gasteiger partial charge in [0.05, 0.1) is 17.1 Å². The van der Waals surface area contributed by atoms with Crippen molar-refractivity contribution in [2.24, 2.45) is 0 Å². The van der Waals surface area contributed by atoms with Gasteiger partial charge >= 0.3 is 0 Å². The molecule has 1 unspecified atom stereocenters. The maximum atomic E-state index is 13.3. The smallest absolute Gasteiger partial charge is 0.240 e. The maximum absolute atomic E-state index is 13.3. The van der Waals surface area contributed by atoms with Gasteiger partial charge in [-0.1, -0.05) is 54.6 Å². The lowest BCUT2D eigenvalue weighted by molar-refractivity contribution is -0.122. The van der Waals surface area contributed by atoms with E-state index in [0.717, 1.165) is 22.2 Å². The van der Waals surface area contributed by atoms with Gasteiger partial charge in [0, 0.05) is 23.2 Å². The van der Waals surface area contributed by atoms with E-state index in [4.69, 9.17) is 0 Å². The Hall–Kier alpha value is -4.25. The molecule has 32 heavy (non-hydrogen) atoms. The van der Waals surface area contributed by atoms with Crippen LogP contribution in [0.15, 0.2) is 108 Å². The summed E-state index contributed by atoms with van der Waals surface area (Å²) in [5.74, 6) is -0.144. The summed E-state index contributed by atoms with van der Waals surface area (Å²) < 4.78 is 1.91. The Morgan fingerprint density at radius 3 is 1.91 bits per heavy atom. The van der Waals surface area contributed by atoms with Gasteiger partial charge in [0.1, 0.15) is 6.54 Å². The van der Waals surface area contributed by atoms with E-state index in [1.807, 2.05) is 95.6 Å². The fourth-order valence-electron chi connectivity index (χ4n) is 4.16. The van der Waals surface area contributed by atoms with E-state index in [0.29, 0.717) is 10.8 Å². The predicted molar refractivity (Wildman–Crippen MR) is 126 cm³/mol. The lowest BCUT2D eigenvalue weighted by Crippen LogP contribution is -2.32. The number of nitrogens with one attached hydrogen (secondary N) is 1. The molecule has 0 saturated heterocycles. The first-order valence-electron chi connectivity index (χ1n) is 10.5. The van der Waals surface area contributed by atoms with Crippen molar-refractivity contribution in [1.29, 1.82) is 0 Å². The minimum atomic E-state index is -0.302. The molecule has 3 aromatic carbocycles. The molecule has 156 valence electrons. The van der Waals surface area contributed by atoms with Gasteiger partial charge in [-0.25, -0.2) is 0 Å². The van der Waals surface area contributed by atoms with E-state index in [-0.39, 0.29) is 23.9 Å². The van der Waals surface area contributed by atoms with E-state index in [1.165, 1.54) is 0 Å². The summed E-state index contributed by atoms with van der Waals surface area (Å²) >= 11 is 0. The fourth-order valence-corrected chi connectivity index (χ4v) is 4.16. The Bertz CT molecular complexity index is 1360. The highest BCUT2D eigenvalue weighted by molar-refractivity contribution is 5.94. The number of para-hydroxylation sites is 2. The molecule has 5 rings (SSSR count). The molecule has 0 bridgehead atoms. The Balaban J connectivity index is 1.56. The minimum Gasteiger partial charge on any atom is -0.344 e. The Morgan fingerprint density at radius 1 is 0.750 bits per heavy atom. The third-order valence-corrected chi connectivity index (χ3v) is 5.66. The lowest BCUT2D eigenvalue weighted by atomic mass is 9.99. The van der Waals surface area contributed by atoms with E-state index in [1.54, 1.807) is 12.4 Å². The van der Waals surface area contributed by atoms with E-state index >= 15 is 0 Å². The Morgan fingerprint density at radius 2 is 1.28 bits per heavy atom. The summed E-state index contributed by atoms with van der Waals surface area (Å²) in [5.41, 5.74) is 3.40. The second-order valence-electron chi connectivity index (χ2n) is 7.64. The van der Waals surface area contributed by atoms with Crippen molar-refractivity contribution in [3.8, 4) is 0 Å². The average molecular weight is 419 g/mol. The predicted octanol–water partition coefficient (Wildman–Crippen LogP) is 4.46. The lowest BCUT2D eigenvalue weighted by Gasteiger charge is -2.21. The molecule has 5 nitrogen and oxygen atoms in total. The number of nitrogens with zero attached hydrogens (tertiary/aromatic N) is 2. The SMILES string of the molecule is O=C(Cn1c2ccccc2c(=O)c2ccccc21)NC(c1ccccc1)c1ccncc1. The van der Waals surface area contributed by atoms with Crippen LogP contribution in [0, 0.1) is 0 Å². The largest absolute Gasteiger partial charge is 0.344 e. The highest BCUT2D eigenvalue weighted by Gasteiger charge is 2.18. The highest BCUT2D eigenvalue weighted by atomic mass is 16.2. The third-order valence-electron chi connectivity index (χ3n) is 5.66. The number of rotatable bonds is 5. The number of benzene rings is 3. The fraction of sp³-hybridized carbons (Fsp3) is 0.0741. The summed E-state index contributed by atoms with van der Waals surface area (Å²) in [7, 11) is 0. The molecule has 5 aromatic rings. The van der Waals surface area contributed by atoms with Crippen molar-refractivity contribution >= 4 is 27.7 Å². The summed E-state index contributed by atoms with van der Waals surface area (Å²) in [6, 6.07) is 28.2. The first-order valence-corrected chi connectivity index (χ1v) is 10.5. The summed E-state index contributed by atoms with van der Waals surface area (Å²) in [5, 5.41) is 4.39. The number of hydrogen-bond acceptors (Lipinski definition) is 3. The van der Waals surface area contributed by atoms with Crippen LogP contribution in [0.4, 0.5) is 0 Å². The molecule has 0 spiro atoms. The zero-order chi connectivity index (χ0) is 21.9. The van der Waals surface area contributed by atoms with Crippen LogP contribution in [0.1, 0.15) is 17.2 Å². The number of carbonyl (C=O) groups is 1. The van der Waals surface area contributed by atoms with Crippen molar-refractivity contribution in [2.75, 3.05) is 0 Å². The molecule has 0 saturated carbocycles. The molecule has 2 aromatic heterocycles. The quantitative estimate of drug-likeness (QED) is 0.428.